The second-order valence-electron chi connectivity index (χ2n) is 5.11. The van der Waals surface area contributed by atoms with E-state index in [1.807, 2.05) is 30.3 Å². The molecule has 0 saturated heterocycles. The highest BCUT2D eigenvalue weighted by Gasteiger charge is 2.23. The highest BCUT2D eigenvalue weighted by molar-refractivity contribution is 7.65. The number of carbonyl (C=O) groups excluding carboxylic acids is 1. The standard InChI is InChI=1S/C17H17NO4S/c1-22-16-8-7-14(23-21)11-15(16)13(10-17(19)18-20)9-12-5-3-2-4-6-12/h2-8,11,13H,9-10H2,1H3,(H-,18,19,20)/p+1. The molecule has 1 atom stereocenters. The Kier molecular flexibility index (Phi) is 6.19. The van der Waals surface area contributed by atoms with Crippen molar-refractivity contribution >= 4 is 17.6 Å². The predicted molar refractivity (Wildman–Crippen MR) is 86.7 cm³/mol. The molecule has 2 aromatic carbocycles. The van der Waals surface area contributed by atoms with E-state index in [-0.39, 0.29) is 12.3 Å². The van der Waals surface area contributed by atoms with E-state index in [4.69, 9.17) is 9.94 Å². The molecule has 23 heavy (non-hydrogen) atoms. The number of carbonyl (C=O) groups is 1. The molecule has 0 radical (unpaired) electrons. The molecule has 0 saturated carbocycles. The third-order valence-corrected chi connectivity index (χ3v) is 4.07. The van der Waals surface area contributed by atoms with Gasteiger partial charge in [0, 0.05) is 34.2 Å². The maximum atomic E-state index is 11.7. The lowest BCUT2D eigenvalue weighted by Crippen LogP contribution is -2.22. The van der Waals surface area contributed by atoms with Crippen LogP contribution in [-0.2, 0) is 27.1 Å². The van der Waals surface area contributed by atoms with Gasteiger partial charge in [-0.15, -0.1) is 0 Å². The van der Waals surface area contributed by atoms with Crippen LogP contribution in [0, 0.1) is 0 Å². The summed E-state index contributed by atoms with van der Waals surface area (Å²) in [5, 5.41) is 8.84. The van der Waals surface area contributed by atoms with Crippen LogP contribution in [0.3, 0.4) is 0 Å². The molecule has 0 fully saturated rings. The lowest BCUT2D eigenvalue weighted by Gasteiger charge is -2.19. The molecule has 2 rings (SSSR count). The van der Waals surface area contributed by atoms with Crippen molar-refractivity contribution < 1.29 is 18.9 Å². The number of amides is 1. The molecule has 5 nitrogen and oxygen atoms in total. The summed E-state index contributed by atoms with van der Waals surface area (Å²) in [7, 11) is 1.55. The van der Waals surface area contributed by atoms with Crippen molar-refractivity contribution in [3.63, 3.8) is 0 Å². The van der Waals surface area contributed by atoms with Gasteiger partial charge in [0.1, 0.15) is 5.75 Å². The van der Waals surface area contributed by atoms with Crippen LogP contribution in [0.4, 0.5) is 0 Å². The summed E-state index contributed by atoms with van der Waals surface area (Å²) in [5.74, 6) is -0.0748. The molecule has 0 heterocycles. The van der Waals surface area contributed by atoms with Gasteiger partial charge in [-0.25, -0.2) is 5.48 Å². The summed E-state index contributed by atoms with van der Waals surface area (Å²) in [6.07, 6.45) is 0.687. The Morgan fingerprint density at radius 3 is 2.61 bits per heavy atom. The van der Waals surface area contributed by atoms with E-state index in [0.717, 1.165) is 11.1 Å². The normalized spacial score (nSPS) is 11.6. The number of hydrogen-bond acceptors (Lipinski definition) is 4. The SMILES string of the molecule is COc1ccc([S+]=O)cc1C(CC(=O)NO)Cc1ccccc1. The molecule has 0 aliphatic heterocycles. The molecular weight excluding hydrogens is 314 g/mol. The Balaban J connectivity index is 2.39. The fourth-order valence-corrected chi connectivity index (χ4v) is 2.84. The summed E-state index contributed by atoms with van der Waals surface area (Å²) in [5.41, 5.74) is 3.51. The van der Waals surface area contributed by atoms with Gasteiger partial charge < -0.3 is 4.74 Å². The topological polar surface area (TPSA) is 75.6 Å². The van der Waals surface area contributed by atoms with Crippen LogP contribution in [-0.4, -0.2) is 18.2 Å². The minimum Gasteiger partial charge on any atom is -0.496 e. The summed E-state index contributed by atoms with van der Waals surface area (Å²) >= 11 is 0.395. The Morgan fingerprint density at radius 1 is 1.26 bits per heavy atom. The molecule has 0 bridgehead atoms. The quantitative estimate of drug-likeness (QED) is 0.464. The average Bonchev–Trinajstić information content (AvgIpc) is 2.61. The summed E-state index contributed by atoms with van der Waals surface area (Å²) < 4.78 is 16.5. The average molecular weight is 332 g/mol. The molecule has 0 spiro atoms. The van der Waals surface area contributed by atoms with E-state index in [1.165, 1.54) is 0 Å². The predicted octanol–water partition coefficient (Wildman–Crippen LogP) is 2.70. The zero-order valence-electron chi connectivity index (χ0n) is 12.7. The van der Waals surface area contributed by atoms with Crippen LogP contribution in [0.1, 0.15) is 23.5 Å². The molecule has 6 heteroatoms. The summed E-state index contributed by atoms with van der Waals surface area (Å²) in [6, 6.07) is 14.9. The number of benzene rings is 2. The molecule has 2 aromatic rings. The zero-order chi connectivity index (χ0) is 16.7. The number of hydroxylamine groups is 1. The van der Waals surface area contributed by atoms with Gasteiger partial charge in [0.05, 0.1) is 7.11 Å². The van der Waals surface area contributed by atoms with Crippen LogP contribution in [0.25, 0.3) is 0 Å². The van der Waals surface area contributed by atoms with Gasteiger partial charge in [-0.3, -0.25) is 10.0 Å². The van der Waals surface area contributed by atoms with Crippen molar-refractivity contribution in [2.75, 3.05) is 7.11 Å². The highest BCUT2D eigenvalue weighted by Crippen LogP contribution is 2.33. The Labute approximate surface area is 138 Å². The number of rotatable bonds is 7. The van der Waals surface area contributed by atoms with Gasteiger partial charge in [0.15, 0.2) is 0 Å². The molecule has 0 aliphatic carbocycles. The van der Waals surface area contributed by atoms with Crippen LogP contribution in [0.5, 0.6) is 5.75 Å². The molecule has 2 N–H and O–H groups in total. The van der Waals surface area contributed by atoms with E-state index in [0.29, 0.717) is 28.7 Å². The third kappa shape index (κ3) is 4.58. The van der Waals surface area contributed by atoms with Crippen molar-refractivity contribution in [3.05, 3.63) is 59.7 Å². The van der Waals surface area contributed by atoms with Gasteiger partial charge in [-0.1, -0.05) is 30.3 Å². The maximum absolute atomic E-state index is 11.7. The van der Waals surface area contributed by atoms with E-state index in [9.17, 15) is 9.00 Å². The van der Waals surface area contributed by atoms with E-state index < -0.39 is 5.91 Å². The van der Waals surface area contributed by atoms with Crippen molar-refractivity contribution in [2.24, 2.45) is 0 Å². The number of nitrogens with one attached hydrogen (secondary N) is 1. The first-order chi connectivity index (χ1) is 11.2. The van der Waals surface area contributed by atoms with Crippen molar-refractivity contribution in [1.82, 2.24) is 5.48 Å². The van der Waals surface area contributed by atoms with Gasteiger partial charge in [-0.2, -0.15) is 0 Å². The molecule has 0 aromatic heterocycles. The minimum absolute atomic E-state index is 0.0920. The van der Waals surface area contributed by atoms with E-state index in [2.05, 4.69) is 0 Å². The second-order valence-corrected chi connectivity index (χ2v) is 5.75. The van der Waals surface area contributed by atoms with Gasteiger partial charge in [0.25, 0.3) is 4.90 Å². The Hall–Kier alpha value is -2.31. The first-order valence-corrected chi connectivity index (χ1v) is 7.86. The number of hydrogen-bond donors (Lipinski definition) is 2. The van der Waals surface area contributed by atoms with Crippen LogP contribution < -0.4 is 10.2 Å². The zero-order valence-corrected chi connectivity index (χ0v) is 13.5. The molecule has 0 aliphatic rings. The van der Waals surface area contributed by atoms with Crippen LogP contribution in [0.2, 0.25) is 0 Å². The van der Waals surface area contributed by atoms with Gasteiger partial charge in [-0.05, 0) is 18.1 Å². The fourth-order valence-electron chi connectivity index (χ4n) is 2.54. The van der Waals surface area contributed by atoms with E-state index in [1.54, 1.807) is 30.8 Å². The Bertz CT molecular complexity index is 676. The van der Waals surface area contributed by atoms with Gasteiger partial charge in [0.2, 0.25) is 5.91 Å². The smallest absolute Gasteiger partial charge is 0.496 e. The van der Waals surface area contributed by atoms with Gasteiger partial charge >= 0.3 is 11.7 Å². The monoisotopic (exact) mass is 332 g/mol. The van der Waals surface area contributed by atoms with Crippen LogP contribution in [0.15, 0.2) is 53.4 Å². The third-order valence-electron chi connectivity index (χ3n) is 3.62. The van der Waals surface area contributed by atoms with Crippen molar-refractivity contribution in [3.8, 4) is 5.75 Å². The largest absolute Gasteiger partial charge is 0.505 e. The molecule has 1 unspecified atom stereocenters. The summed E-state index contributed by atoms with van der Waals surface area (Å²) in [4.78, 5) is 12.2. The number of ether oxygens (including phenoxy) is 1. The second kappa shape index (κ2) is 8.36. The lowest BCUT2D eigenvalue weighted by molar-refractivity contribution is -0.129. The first-order valence-electron chi connectivity index (χ1n) is 7.12. The molecular formula is C17H18NO4S+. The molecule has 1 amide bonds. The maximum Gasteiger partial charge on any atom is 0.505 e. The van der Waals surface area contributed by atoms with Crippen molar-refractivity contribution in [1.29, 1.82) is 0 Å². The van der Waals surface area contributed by atoms with E-state index >= 15 is 0 Å². The number of methoxy groups -OCH3 is 1. The highest BCUT2D eigenvalue weighted by atomic mass is 32.1. The molecule has 120 valence electrons. The first kappa shape index (κ1) is 17.1. The minimum atomic E-state index is -0.479. The van der Waals surface area contributed by atoms with Crippen LogP contribution >= 0.6 is 0 Å². The lowest BCUT2D eigenvalue weighted by atomic mass is 9.88. The Morgan fingerprint density at radius 2 is 2.00 bits per heavy atom. The van der Waals surface area contributed by atoms with Crippen molar-refractivity contribution in [2.45, 2.75) is 23.7 Å². The fraction of sp³-hybridized carbons (Fsp3) is 0.235. The summed E-state index contributed by atoms with van der Waals surface area (Å²) in [6.45, 7) is 0.